The van der Waals surface area contributed by atoms with Gasteiger partial charge in [0.1, 0.15) is 0 Å². The molecule has 6 heteroatoms. The van der Waals surface area contributed by atoms with E-state index in [-0.39, 0.29) is 0 Å². The Morgan fingerprint density at radius 1 is 1.11 bits per heavy atom. The van der Waals surface area contributed by atoms with Crippen LogP contribution in [0, 0.1) is 5.92 Å². The molecule has 2 N–H and O–H groups in total. The molecule has 2 amide bonds. The van der Waals surface area contributed by atoms with Crippen LogP contribution in [0.15, 0.2) is 54.7 Å². The van der Waals surface area contributed by atoms with Crippen molar-refractivity contribution in [2.75, 3.05) is 18.4 Å². The van der Waals surface area contributed by atoms with Crippen LogP contribution in [-0.4, -0.2) is 40.0 Å². The average molecular weight is 362 g/mol. The third-order valence-electron chi connectivity index (χ3n) is 5.16. The fraction of sp³-hybridized carbons (Fsp3) is 0.286. The Balaban J connectivity index is 1.31. The Hall–Kier alpha value is -3.15. The van der Waals surface area contributed by atoms with Crippen LogP contribution >= 0.6 is 0 Å². The minimum atomic E-state index is -0.588. The second kappa shape index (κ2) is 7.61. The predicted octanol–water partition coefficient (Wildman–Crippen LogP) is 2.98. The Bertz CT molecular complexity index is 943. The van der Waals surface area contributed by atoms with Gasteiger partial charge < -0.3 is 10.2 Å². The van der Waals surface area contributed by atoms with Crippen molar-refractivity contribution < 1.29 is 9.59 Å². The first-order valence-corrected chi connectivity index (χ1v) is 9.26. The molecule has 4 rings (SSSR count). The Labute approximate surface area is 157 Å². The number of H-pyrrole nitrogens is 1. The van der Waals surface area contributed by atoms with E-state index in [1.165, 1.54) is 5.56 Å². The van der Waals surface area contributed by atoms with Crippen LogP contribution in [0.1, 0.15) is 18.4 Å². The number of hydrogen-bond donors (Lipinski definition) is 2. The predicted molar refractivity (Wildman–Crippen MR) is 104 cm³/mol. The molecule has 2 heterocycles. The number of carbonyl (C=O) groups excluding carboxylic acids is 2. The maximum atomic E-state index is 12.5. The number of anilines is 1. The van der Waals surface area contributed by atoms with E-state index >= 15 is 0 Å². The Morgan fingerprint density at radius 2 is 1.89 bits per heavy atom. The summed E-state index contributed by atoms with van der Waals surface area (Å²) in [5, 5.41) is 10.5. The molecule has 6 nitrogen and oxygen atoms in total. The summed E-state index contributed by atoms with van der Waals surface area (Å²) in [4.78, 5) is 26.5. The SMILES string of the molecule is O=C(Nc1ccc2cn[nH]c2c1)C(=O)N1CCC(Cc2ccccc2)CC1. The van der Waals surface area contributed by atoms with Gasteiger partial charge in [0.25, 0.3) is 0 Å². The van der Waals surface area contributed by atoms with Gasteiger partial charge in [-0.15, -0.1) is 0 Å². The number of fused-ring (bicyclic) bond motifs is 1. The molecule has 1 aliphatic rings. The molecule has 0 radical (unpaired) electrons. The summed E-state index contributed by atoms with van der Waals surface area (Å²) in [5.74, 6) is -0.490. The first-order valence-electron chi connectivity index (χ1n) is 9.26. The monoisotopic (exact) mass is 362 g/mol. The van der Waals surface area contributed by atoms with Gasteiger partial charge in [0.15, 0.2) is 0 Å². The lowest BCUT2D eigenvalue weighted by Crippen LogP contribution is -2.44. The highest BCUT2D eigenvalue weighted by Crippen LogP contribution is 2.22. The highest BCUT2D eigenvalue weighted by atomic mass is 16.2. The van der Waals surface area contributed by atoms with E-state index in [0.29, 0.717) is 24.7 Å². The van der Waals surface area contributed by atoms with Crippen molar-refractivity contribution in [3.05, 3.63) is 60.3 Å². The smallest absolute Gasteiger partial charge is 0.313 e. The number of hydrogen-bond acceptors (Lipinski definition) is 3. The van der Waals surface area contributed by atoms with E-state index in [2.05, 4.69) is 39.8 Å². The third kappa shape index (κ3) is 4.00. The number of aromatic amines is 1. The van der Waals surface area contributed by atoms with Gasteiger partial charge in [0.2, 0.25) is 0 Å². The molecule has 0 bridgehead atoms. The van der Waals surface area contributed by atoms with Crippen LogP contribution in [0.25, 0.3) is 10.9 Å². The number of aromatic nitrogens is 2. The largest absolute Gasteiger partial charge is 0.334 e. The molecule has 27 heavy (non-hydrogen) atoms. The third-order valence-corrected chi connectivity index (χ3v) is 5.16. The van der Waals surface area contributed by atoms with E-state index in [1.54, 1.807) is 23.2 Å². The number of nitrogens with one attached hydrogen (secondary N) is 2. The zero-order valence-corrected chi connectivity index (χ0v) is 15.0. The lowest BCUT2D eigenvalue weighted by molar-refractivity contribution is -0.144. The van der Waals surface area contributed by atoms with Crippen LogP contribution in [0.2, 0.25) is 0 Å². The van der Waals surface area contributed by atoms with Crippen LogP contribution < -0.4 is 5.32 Å². The van der Waals surface area contributed by atoms with E-state index in [1.807, 2.05) is 12.1 Å². The molecule has 0 atom stereocenters. The van der Waals surface area contributed by atoms with Gasteiger partial charge in [-0.25, -0.2) is 0 Å². The lowest BCUT2D eigenvalue weighted by Gasteiger charge is -2.31. The van der Waals surface area contributed by atoms with Crippen molar-refractivity contribution in [1.82, 2.24) is 15.1 Å². The standard InChI is InChI=1S/C21H22N4O2/c26-20(23-18-7-6-17-14-22-24-19(17)13-18)21(27)25-10-8-16(9-11-25)12-15-4-2-1-3-5-15/h1-7,13-14,16H,8-12H2,(H,22,24)(H,23,26). The molecule has 1 saturated heterocycles. The summed E-state index contributed by atoms with van der Waals surface area (Å²) in [6.45, 7) is 1.26. The molecule has 3 aromatic rings. The van der Waals surface area contributed by atoms with Crippen molar-refractivity contribution >= 4 is 28.4 Å². The van der Waals surface area contributed by atoms with E-state index < -0.39 is 11.8 Å². The van der Waals surface area contributed by atoms with Gasteiger partial charge in [-0.3, -0.25) is 14.7 Å². The summed E-state index contributed by atoms with van der Waals surface area (Å²) in [7, 11) is 0. The highest BCUT2D eigenvalue weighted by molar-refractivity contribution is 6.39. The molecule has 0 spiro atoms. The van der Waals surface area contributed by atoms with Gasteiger partial charge in [0.05, 0.1) is 11.7 Å². The molecule has 1 aliphatic heterocycles. The van der Waals surface area contributed by atoms with Crippen molar-refractivity contribution in [2.45, 2.75) is 19.3 Å². The second-order valence-corrected chi connectivity index (χ2v) is 7.05. The number of nitrogens with zero attached hydrogens (tertiary/aromatic N) is 2. The number of rotatable bonds is 3. The Kier molecular flexibility index (Phi) is 4.87. The summed E-state index contributed by atoms with van der Waals surface area (Å²) in [5.41, 5.74) is 2.74. The van der Waals surface area contributed by atoms with Gasteiger partial charge in [-0.2, -0.15) is 5.10 Å². The minimum absolute atomic E-state index is 0.460. The van der Waals surface area contributed by atoms with Crippen LogP contribution in [0.3, 0.4) is 0 Å². The minimum Gasteiger partial charge on any atom is -0.334 e. The summed E-state index contributed by atoms with van der Waals surface area (Å²) < 4.78 is 0. The van der Waals surface area contributed by atoms with E-state index in [4.69, 9.17) is 0 Å². The molecule has 0 saturated carbocycles. The molecule has 138 valence electrons. The zero-order valence-electron chi connectivity index (χ0n) is 15.0. The second-order valence-electron chi connectivity index (χ2n) is 7.05. The average Bonchev–Trinajstić information content (AvgIpc) is 3.16. The fourth-order valence-corrected chi connectivity index (χ4v) is 3.63. The summed E-state index contributed by atoms with van der Waals surface area (Å²) >= 11 is 0. The topological polar surface area (TPSA) is 78.1 Å². The lowest BCUT2D eigenvalue weighted by atomic mass is 9.90. The van der Waals surface area contributed by atoms with Crippen LogP contribution in [0.4, 0.5) is 5.69 Å². The maximum absolute atomic E-state index is 12.5. The highest BCUT2D eigenvalue weighted by Gasteiger charge is 2.27. The van der Waals surface area contributed by atoms with E-state index in [0.717, 1.165) is 30.2 Å². The molecule has 1 aromatic heterocycles. The van der Waals surface area contributed by atoms with Crippen LogP contribution in [0.5, 0.6) is 0 Å². The zero-order chi connectivity index (χ0) is 18.6. The van der Waals surface area contributed by atoms with Gasteiger partial charge in [-0.05, 0) is 48.9 Å². The number of likely N-dealkylation sites (tertiary alicyclic amines) is 1. The molecule has 2 aromatic carbocycles. The number of benzene rings is 2. The molecule has 0 unspecified atom stereocenters. The van der Waals surface area contributed by atoms with Gasteiger partial charge in [0, 0.05) is 24.2 Å². The molecule has 0 aliphatic carbocycles. The van der Waals surface area contributed by atoms with Gasteiger partial charge >= 0.3 is 11.8 Å². The van der Waals surface area contributed by atoms with Crippen molar-refractivity contribution in [2.24, 2.45) is 5.92 Å². The van der Waals surface area contributed by atoms with Crippen molar-refractivity contribution in [3.63, 3.8) is 0 Å². The number of carbonyl (C=O) groups is 2. The van der Waals surface area contributed by atoms with Gasteiger partial charge in [-0.1, -0.05) is 30.3 Å². The van der Waals surface area contributed by atoms with Crippen molar-refractivity contribution in [1.29, 1.82) is 0 Å². The quantitative estimate of drug-likeness (QED) is 0.703. The summed E-state index contributed by atoms with van der Waals surface area (Å²) in [6.07, 6.45) is 4.59. The first kappa shape index (κ1) is 17.3. The van der Waals surface area contributed by atoms with Crippen LogP contribution in [-0.2, 0) is 16.0 Å². The first-order chi connectivity index (χ1) is 13.2. The summed E-state index contributed by atoms with van der Waals surface area (Å²) in [6, 6.07) is 15.8. The molecule has 1 fully saturated rings. The number of piperidine rings is 1. The molecular formula is C21H22N4O2. The van der Waals surface area contributed by atoms with Crippen molar-refractivity contribution in [3.8, 4) is 0 Å². The molecular weight excluding hydrogens is 340 g/mol. The Morgan fingerprint density at radius 3 is 2.67 bits per heavy atom. The van der Waals surface area contributed by atoms with E-state index in [9.17, 15) is 9.59 Å². The normalized spacial score (nSPS) is 15.0. The number of amides is 2. The fourth-order valence-electron chi connectivity index (χ4n) is 3.63. The maximum Gasteiger partial charge on any atom is 0.313 e.